The first-order valence-electron chi connectivity index (χ1n) is 6.40. The number of nitrogens with one attached hydrogen (secondary N) is 1. The molecule has 0 saturated carbocycles. The molecule has 0 amide bonds. The number of aliphatic hydroxyl groups excluding tert-OH is 1. The lowest BCUT2D eigenvalue weighted by molar-refractivity contribution is -0.0494. The molecule has 1 aliphatic carbocycles. The minimum Gasteiger partial charge on any atom is -0.508 e. The van der Waals surface area contributed by atoms with E-state index >= 15 is 0 Å². The van der Waals surface area contributed by atoms with Gasteiger partial charge in [0.2, 0.25) is 0 Å². The third kappa shape index (κ3) is 2.72. The summed E-state index contributed by atoms with van der Waals surface area (Å²) in [6.07, 6.45) is 0.676. The average Bonchev–Trinajstić information content (AvgIpc) is 2.70. The standard InChI is InChI=1S/C14H19F2NO2/c1-8-3-4-11(19)13-10(5-9(2)12(8)13)17-6-14(15,16)7-18/h3-4,9-10,17-19H,5-7H2,1-2H3. The molecule has 0 saturated heterocycles. The van der Waals surface area contributed by atoms with E-state index in [4.69, 9.17) is 5.11 Å². The lowest BCUT2D eigenvalue weighted by Gasteiger charge is -2.20. The number of hydrogen-bond acceptors (Lipinski definition) is 3. The van der Waals surface area contributed by atoms with Gasteiger partial charge < -0.3 is 15.5 Å². The van der Waals surface area contributed by atoms with Crippen molar-refractivity contribution in [2.24, 2.45) is 0 Å². The maximum atomic E-state index is 13.1. The summed E-state index contributed by atoms with van der Waals surface area (Å²) in [6, 6.07) is 3.16. The fourth-order valence-corrected chi connectivity index (χ4v) is 2.86. The van der Waals surface area contributed by atoms with E-state index in [1.807, 2.05) is 19.9 Å². The molecule has 3 nitrogen and oxygen atoms in total. The van der Waals surface area contributed by atoms with Gasteiger partial charge in [-0.2, -0.15) is 0 Å². The van der Waals surface area contributed by atoms with Crippen molar-refractivity contribution in [3.8, 4) is 5.75 Å². The predicted molar refractivity (Wildman–Crippen MR) is 68.7 cm³/mol. The molecule has 0 heterocycles. The zero-order valence-electron chi connectivity index (χ0n) is 11.1. The smallest absolute Gasteiger partial charge is 0.282 e. The molecule has 0 radical (unpaired) electrons. The predicted octanol–water partition coefficient (Wildman–Crippen LogP) is 2.47. The molecule has 0 bridgehead atoms. The number of rotatable bonds is 4. The summed E-state index contributed by atoms with van der Waals surface area (Å²) in [4.78, 5) is 0. The van der Waals surface area contributed by atoms with Crippen LogP contribution in [0.2, 0.25) is 0 Å². The van der Waals surface area contributed by atoms with Gasteiger partial charge in [0.15, 0.2) is 0 Å². The maximum Gasteiger partial charge on any atom is 0.282 e. The normalized spacial score (nSPS) is 22.6. The Bertz CT molecular complexity index is 477. The summed E-state index contributed by atoms with van der Waals surface area (Å²) in [7, 11) is 0. The van der Waals surface area contributed by atoms with E-state index in [1.165, 1.54) is 0 Å². The molecule has 2 unspecified atom stereocenters. The number of phenolic OH excluding ortho intramolecular Hbond substituents is 1. The molecular formula is C14H19F2NO2. The van der Waals surface area contributed by atoms with Crippen molar-refractivity contribution in [2.75, 3.05) is 13.2 Å². The van der Waals surface area contributed by atoms with Gasteiger partial charge in [-0.15, -0.1) is 0 Å². The minimum absolute atomic E-state index is 0.148. The van der Waals surface area contributed by atoms with Crippen molar-refractivity contribution in [1.82, 2.24) is 5.32 Å². The Kier molecular flexibility index (Phi) is 3.78. The molecule has 1 aromatic carbocycles. The second-order valence-corrected chi connectivity index (χ2v) is 5.31. The fraction of sp³-hybridized carbons (Fsp3) is 0.571. The van der Waals surface area contributed by atoms with Crippen molar-refractivity contribution >= 4 is 0 Å². The van der Waals surface area contributed by atoms with E-state index in [0.29, 0.717) is 6.42 Å². The summed E-state index contributed by atoms with van der Waals surface area (Å²) in [5.41, 5.74) is 2.84. The van der Waals surface area contributed by atoms with Gasteiger partial charge in [0.1, 0.15) is 12.4 Å². The molecule has 5 heteroatoms. The number of phenols is 1. The van der Waals surface area contributed by atoms with Gasteiger partial charge in [-0.3, -0.25) is 0 Å². The number of aromatic hydroxyl groups is 1. The van der Waals surface area contributed by atoms with Gasteiger partial charge >= 0.3 is 0 Å². The lowest BCUT2D eigenvalue weighted by Crippen LogP contribution is -2.37. The highest BCUT2D eigenvalue weighted by Gasteiger charge is 2.35. The summed E-state index contributed by atoms with van der Waals surface area (Å²) < 4.78 is 26.2. The van der Waals surface area contributed by atoms with E-state index in [9.17, 15) is 13.9 Å². The van der Waals surface area contributed by atoms with Crippen LogP contribution in [0.1, 0.15) is 42.0 Å². The van der Waals surface area contributed by atoms with Crippen LogP contribution in [0, 0.1) is 6.92 Å². The van der Waals surface area contributed by atoms with E-state index < -0.39 is 19.1 Å². The minimum atomic E-state index is -3.13. The van der Waals surface area contributed by atoms with Crippen molar-refractivity contribution in [3.05, 3.63) is 28.8 Å². The Balaban J connectivity index is 2.22. The van der Waals surface area contributed by atoms with Crippen LogP contribution < -0.4 is 5.32 Å². The number of halogens is 2. The maximum absolute atomic E-state index is 13.1. The van der Waals surface area contributed by atoms with Crippen molar-refractivity contribution in [2.45, 2.75) is 38.2 Å². The topological polar surface area (TPSA) is 52.5 Å². The molecule has 0 aromatic heterocycles. The first kappa shape index (κ1) is 14.2. The number of alkyl halides is 2. The molecular weight excluding hydrogens is 252 g/mol. The Morgan fingerprint density at radius 1 is 1.37 bits per heavy atom. The van der Waals surface area contributed by atoms with Gasteiger partial charge in [0.25, 0.3) is 5.92 Å². The summed E-state index contributed by atoms with van der Waals surface area (Å²) in [6.45, 7) is 2.22. The Labute approximate surface area is 111 Å². The molecule has 1 aliphatic rings. The number of aryl methyl sites for hydroxylation is 1. The van der Waals surface area contributed by atoms with Crippen LogP contribution in [-0.2, 0) is 0 Å². The zero-order valence-corrected chi connectivity index (χ0v) is 11.1. The van der Waals surface area contributed by atoms with E-state index in [2.05, 4.69) is 5.32 Å². The van der Waals surface area contributed by atoms with Crippen LogP contribution in [0.3, 0.4) is 0 Å². The van der Waals surface area contributed by atoms with Gasteiger partial charge in [0, 0.05) is 11.6 Å². The Morgan fingerprint density at radius 3 is 2.68 bits per heavy atom. The molecule has 0 spiro atoms. The summed E-state index contributed by atoms with van der Waals surface area (Å²) >= 11 is 0. The van der Waals surface area contributed by atoms with Gasteiger partial charge in [-0.1, -0.05) is 13.0 Å². The van der Waals surface area contributed by atoms with Crippen LogP contribution in [0.15, 0.2) is 12.1 Å². The third-order valence-electron chi connectivity index (χ3n) is 3.75. The van der Waals surface area contributed by atoms with Crippen LogP contribution in [0.5, 0.6) is 5.75 Å². The summed E-state index contributed by atoms with van der Waals surface area (Å²) in [5, 5.41) is 21.3. The van der Waals surface area contributed by atoms with Crippen molar-refractivity contribution < 1.29 is 19.0 Å². The van der Waals surface area contributed by atoms with E-state index in [0.717, 1.165) is 16.7 Å². The molecule has 2 atom stereocenters. The summed E-state index contributed by atoms with van der Waals surface area (Å²) in [5.74, 6) is -2.76. The highest BCUT2D eigenvalue weighted by molar-refractivity contribution is 5.50. The van der Waals surface area contributed by atoms with Gasteiger partial charge in [0.05, 0.1) is 6.54 Å². The molecule has 1 aromatic rings. The number of hydrogen-bond donors (Lipinski definition) is 3. The largest absolute Gasteiger partial charge is 0.508 e. The SMILES string of the molecule is Cc1ccc(O)c2c1C(C)CC2NCC(F)(F)CO. The fourth-order valence-electron chi connectivity index (χ4n) is 2.86. The molecule has 2 rings (SSSR count). The first-order valence-corrected chi connectivity index (χ1v) is 6.40. The zero-order chi connectivity index (χ0) is 14.2. The highest BCUT2D eigenvalue weighted by Crippen LogP contribution is 2.45. The van der Waals surface area contributed by atoms with E-state index in [1.54, 1.807) is 6.07 Å². The van der Waals surface area contributed by atoms with Crippen molar-refractivity contribution in [3.63, 3.8) is 0 Å². The number of fused-ring (bicyclic) bond motifs is 1. The highest BCUT2D eigenvalue weighted by atomic mass is 19.3. The molecule has 106 valence electrons. The number of aliphatic hydroxyl groups is 1. The lowest BCUT2D eigenvalue weighted by atomic mass is 9.97. The van der Waals surface area contributed by atoms with Crippen LogP contribution in [-0.4, -0.2) is 29.3 Å². The second-order valence-electron chi connectivity index (χ2n) is 5.31. The second kappa shape index (κ2) is 5.06. The van der Waals surface area contributed by atoms with Crippen LogP contribution in [0.25, 0.3) is 0 Å². The van der Waals surface area contributed by atoms with Crippen LogP contribution in [0.4, 0.5) is 8.78 Å². The van der Waals surface area contributed by atoms with Crippen molar-refractivity contribution in [1.29, 1.82) is 0 Å². The monoisotopic (exact) mass is 271 g/mol. The van der Waals surface area contributed by atoms with E-state index in [-0.39, 0.29) is 17.7 Å². The van der Waals surface area contributed by atoms with Crippen LogP contribution >= 0.6 is 0 Å². The average molecular weight is 271 g/mol. The number of benzene rings is 1. The Morgan fingerprint density at radius 2 is 2.05 bits per heavy atom. The Hall–Kier alpha value is -1.20. The molecule has 0 fully saturated rings. The molecule has 0 aliphatic heterocycles. The van der Waals surface area contributed by atoms with Gasteiger partial charge in [-0.05, 0) is 36.5 Å². The molecule has 19 heavy (non-hydrogen) atoms. The third-order valence-corrected chi connectivity index (χ3v) is 3.75. The van der Waals surface area contributed by atoms with Gasteiger partial charge in [-0.25, -0.2) is 8.78 Å². The quantitative estimate of drug-likeness (QED) is 0.788. The first-order chi connectivity index (χ1) is 8.85. The molecule has 3 N–H and O–H groups in total.